The Bertz CT molecular complexity index is 1400. The van der Waals surface area contributed by atoms with Crippen molar-refractivity contribution in [2.75, 3.05) is 19.6 Å². The summed E-state index contributed by atoms with van der Waals surface area (Å²) in [5.41, 5.74) is 5.91. The molecule has 0 amide bonds. The summed E-state index contributed by atoms with van der Waals surface area (Å²) in [6, 6.07) is 20.4. The monoisotopic (exact) mass is 468 g/mol. The van der Waals surface area contributed by atoms with Crippen LogP contribution >= 0.6 is 0 Å². The molecule has 0 bridgehead atoms. The van der Waals surface area contributed by atoms with E-state index < -0.39 is 0 Å². The third kappa shape index (κ3) is 4.40. The van der Waals surface area contributed by atoms with E-state index in [1.54, 1.807) is 10.6 Å². The number of nitrogens with one attached hydrogen (secondary N) is 1. The average molecular weight is 469 g/mol. The van der Waals surface area contributed by atoms with Crippen LogP contribution in [-0.2, 0) is 26.6 Å². The molecule has 0 saturated carbocycles. The van der Waals surface area contributed by atoms with Gasteiger partial charge in [0, 0.05) is 56.1 Å². The third-order valence-corrected chi connectivity index (χ3v) is 7.53. The van der Waals surface area contributed by atoms with Crippen molar-refractivity contribution in [2.24, 2.45) is 7.05 Å². The first-order valence-corrected chi connectivity index (χ1v) is 12.6. The molecule has 1 fully saturated rings. The smallest absolute Gasteiger partial charge is 0.258 e. The van der Waals surface area contributed by atoms with E-state index in [0.29, 0.717) is 18.4 Å². The van der Waals surface area contributed by atoms with Gasteiger partial charge in [-0.2, -0.15) is 0 Å². The van der Waals surface area contributed by atoms with Crippen LogP contribution in [0.2, 0.25) is 0 Å². The summed E-state index contributed by atoms with van der Waals surface area (Å²) in [5, 5.41) is 4.94. The Morgan fingerprint density at radius 1 is 1.09 bits per heavy atom. The minimum absolute atomic E-state index is 0.0934. The van der Waals surface area contributed by atoms with Crippen molar-refractivity contribution in [1.82, 2.24) is 19.4 Å². The molecule has 4 aromatic rings. The number of aromatic nitrogens is 2. The van der Waals surface area contributed by atoms with Crippen molar-refractivity contribution in [3.05, 3.63) is 94.0 Å². The molecule has 0 aliphatic carbocycles. The largest absolute Gasteiger partial charge is 0.489 e. The number of aryl methyl sites for hydroxylation is 1. The van der Waals surface area contributed by atoms with Gasteiger partial charge in [-0.1, -0.05) is 36.4 Å². The highest BCUT2D eigenvalue weighted by atomic mass is 16.5. The van der Waals surface area contributed by atoms with E-state index in [1.807, 2.05) is 42.6 Å². The van der Waals surface area contributed by atoms with Gasteiger partial charge in [0.1, 0.15) is 12.4 Å². The summed E-state index contributed by atoms with van der Waals surface area (Å²) in [6.07, 6.45) is 5.46. The van der Waals surface area contributed by atoms with Crippen molar-refractivity contribution < 1.29 is 4.74 Å². The summed E-state index contributed by atoms with van der Waals surface area (Å²) in [6.45, 7) is 4.82. The molecule has 1 atom stereocenters. The van der Waals surface area contributed by atoms with Crippen LogP contribution in [0.4, 0.5) is 0 Å². The third-order valence-electron chi connectivity index (χ3n) is 7.53. The van der Waals surface area contributed by atoms with Crippen LogP contribution in [0.1, 0.15) is 29.7 Å². The zero-order valence-electron chi connectivity index (χ0n) is 20.2. The molecular formula is C29H32N4O2. The van der Waals surface area contributed by atoms with Gasteiger partial charge in [0.05, 0.1) is 11.2 Å². The first kappa shape index (κ1) is 22.1. The van der Waals surface area contributed by atoms with Crippen LogP contribution in [0, 0.1) is 0 Å². The lowest BCUT2D eigenvalue weighted by atomic mass is 10.0. The van der Waals surface area contributed by atoms with E-state index in [4.69, 9.17) is 4.74 Å². The molecule has 6 heteroatoms. The lowest BCUT2D eigenvalue weighted by molar-refractivity contribution is 0.227. The molecular weight excluding hydrogens is 436 g/mol. The molecule has 35 heavy (non-hydrogen) atoms. The van der Waals surface area contributed by atoms with Gasteiger partial charge in [0.2, 0.25) is 0 Å². The second kappa shape index (κ2) is 9.36. The molecule has 2 aliphatic heterocycles. The summed E-state index contributed by atoms with van der Waals surface area (Å²) in [7, 11) is 2.16. The predicted molar refractivity (Wildman–Crippen MR) is 139 cm³/mol. The van der Waals surface area contributed by atoms with E-state index in [0.717, 1.165) is 43.9 Å². The summed E-state index contributed by atoms with van der Waals surface area (Å²) < 4.78 is 9.86. The Labute approximate surface area is 205 Å². The molecule has 2 aromatic carbocycles. The van der Waals surface area contributed by atoms with Gasteiger partial charge < -0.3 is 14.6 Å². The van der Waals surface area contributed by atoms with Crippen molar-refractivity contribution in [1.29, 1.82) is 0 Å². The van der Waals surface area contributed by atoms with Crippen LogP contribution in [0.5, 0.6) is 5.75 Å². The standard InChI is InChI=1S/C29H32N4O2/c1-31-27-16-23(33-15-11-24(17-29(33)34)35-20-21-6-3-2-4-7-21)9-10-25(27)26-12-14-32(19-28(26)31)18-22-8-5-13-30-22/h2-4,6-7,9-11,15-17,22,30H,5,8,12-14,18-20H2,1H3. The zero-order valence-corrected chi connectivity index (χ0v) is 20.2. The number of pyridine rings is 1. The molecule has 6 nitrogen and oxygen atoms in total. The lowest BCUT2D eigenvalue weighted by Gasteiger charge is -2.30. The summed E-state index contributed by atoms with van der Waals surface area (Å²) in [5.74, 6) is 0.586. The number of hydrogen-bond donors (Lipinski definition) is 1. The quantitative estimate of drug-likeness (QED) is 0.465. The van der Waals surface area contributed by atoms with Crippen LogP contribution in [-0.4, -0.2) is 39.7 Å². The molecule has 1 saturated heterocycles. The van der Waals surface area contributed by atoms with Crippen LogP contribution in [0.25, 0.3) is 16.6 Å². The highest BCUT2D eigenvalue weighted by Crippen LogP contribution is 2.31. The van der Waals surface area contributed by atoms with Crippen molar-refractivity contribution in [3.8, 4) is 11.4 Å². The minimum atomic E-state index is -0.0934. The van der Waals surface area contributed by atoms with Crippen molar-refractivity contribution in [2.45, 2.75) is 38.5 Å². The van der Waals surface area contributed by atoms with E-state index in [9.17, 15) is 4.79 Å². The fourth-order valence-electron chi connectivity index (χ4n) is 5.63. The van der Waals surface area contributed by atoms with Gasteiger partial charge in [-0.25, -0.2) is 0 Å². The van der Waals surface area contributed by atoms with Crippen LogP contribution in [0.15, 0.2) is 71.7 Å². The first-order chi connectivity index (χ1) is 17.2. The Balaban J connectivity index is 1.23. The Kier molecular flexibility index (Phi) is 5.92. The van der Waals surface area contributed by atoms with Crippen molar-refractivity contribution >= 4 is 10.9 Å². The number of hydrogen-bond acceptors (Lipinski definition) is 4. The number of benzene rings is 2. The molecule has 1 N–H and O–H groups in total. The van der Waals surface area contributed by atoms with Gasteiger partial charge in [-0.15, -0.1) is 0 Å². The first-order valence-electron chi connectivity index (χ1n) is 12.6. The van der Waals surface area contributed by atoms with Gasteiger partial charge >= 0.3 is 0 Å². The molecule has 1 unspecified atom stereocenters. The predicted octanol–water partition coefficient (Wildman–Crippen LogP) is 4.02. The molecule has 2 aliphatic rings. The second-order valence-electron chi connectivity index (χ2n) is 9.81. The molecule has 2 aromatic heterocycles. The van der Waals surface area contributed by atoms with Gasteiger partial charge in [0.15, 0.2) is 0 Å². The van der Waals surface area contributed by atoms with Crippen LogP contribution in [0.3, 0.4) is 0 Å². The van der Waals surface area contributed by atoms with E-state index in [1.165, 1.54) is 35.0 Å². The molecule has 6 rings (SSSR count). The fraction of sp³-hybridized carbons (Fsp3) is 0.345. The molecule has 0 radical (unpaired) electrons. The summed E-state index contributed by atoms with van der Waals surface area (Å²) >= 11 is 0. The van der Waals surface area contributed by atoms with Crippen LogP contribution < -0.4 is 15.6 Å². The molecule has 0 spiro atoms. The van der Waals surface area contributed by atoms with E-state index in [2.05, 4.69) is 40.0 Å². The maximum atomic E-state index is 12.9. The number of fused-ring (bicyclic) bond motifs is 3. The van der Waals surface area contributed by atoms with E-state index >= 15 is 0 Å². The molecule has 180 valence electrons. The van der Waals surface area contributed by atoms with Crippen molar-refractivity contribution in [3.63, 3.8) is 0 Å². The number of nitrogens with zero attached hydrogens (tertiary/aromatic N) is 3. The zero-order chi connectivity index (χ0) is 23.8. The lowest BCUT2D eigenvalue weighted by Crippen LogP contribution is -2.40. The normalized spacial score (nSPS) is 18.1. The maximum absolute atomic E-state index is 12.9. The SMILES string of the molecule is Cn1c2c(c3ccc(-n4ccc(OCc5ccccc5)cc4=O)cc31)CCN(CC1CCCN1)C2. The van der Waals surface area contributed by atoms with E-state index in [-0.39, 0.29) is 5.56 Å². The highest BCUT2D eigenvalue weighted by Gasteiger charge is 2.25. The minimum Gasteiger partial charge on any atom is -0.489 e. The highest BCUT2D eigenvalue weighted by molar-refractivity contribution is 5.87. The summed E-state index contributed by atoms with van der Waals surface area (Å²) in [4.78, 5) is 15.5. The average Bonchev–Trinajstić information content (AvgIpc) is 3.49. The Morgan fingerprint density at radius 2 is 1.97 bits per heavy atom. The topological polar surface area (TPSA) is 51.4 Å². The fourth-order valence-corrected chi connectivity index (χ4v) is 5.63. The van der Waals surface area contributed by atoms with Gasteiger partial charge in [-0.05, 0) is 55.1 Å². The second-order valence-corrected chi connectivity index (χ2v) is 9.81. The number of ether oxygens (including phenoxy) is 1. The maximum Gasteiger partial charge on any atom is 0.258 e. The Morgan fingerprint density at radius 3 is 2.77 bits per heavy atom. The van der Waals surface area contributed by atoms with Gasteiger partial charge in [0.25, 0.3) is 5.56 Å². The Hall–Kier alpha value is -3.35. The molecule has 4 heterocycles. The van der Waals surface area contributed by atoms with Gasteiger partial charge in [-0.3, -0.25) is 14.3 Å². The number of rotatable bonds is 6.